The number of aryl methyl sites for hydroxylation is 2. The molecule has 0 aliphatic rings. The van der Waals surface area contributed by atoms with Crippen molar-refractivity contribution in [2.45, 2.75) is 25.5 Å². The van der Waals surface area contributed by atoms with Crippen molar-refractivity contribution in [2.24, 2.45) is 0 Å². The maximum absolute atomic E-state index is 13.4. The topological polar surface area (TPSA) is 64.0 Å². The van der Waals surface area contributed by atoms with Gasteiger partial charge in [-0.3, -0.25) is 14.2 Å². The Bertz CT molecular complexity index is 1410. The molecule has 0 saturated carbocycles. The van der Waals surface area contributed by atoms with Crippen molar-refractivity contribution in [1.29, 1.82) is 0 Å². The average Bonchev–Trinajstić information content (AvgIpc) is 3.22. The Morgan fingerprint density at radius 2 is 2.00 bits per heavy atom. The highest BCUT2D eigenvalue weighted by atomic mass is 35.5. The monoisotopic (exact) mass is 495 g/mol. The third-order valence-electron chi connectivity index (χ3n) is 5.14. The Hall–Kier alpha value is -2.87. The van der Waals surface area contributed by atoms with E-state index in [4.69, 9.17) is 16.6 Å². The number of rotatable bonds is 7. The molecule has 4 rings (SSSR count). The molecule has 0 aliphatic carbocycles. The standard InChI is InChI=1S/C25H22ClN3O2S2/c1-4-11-29-24(31)22-19(17-8-5-15(2)6-9-17)13-32-23(22)28-25(29)33-14-21(30)27-20-12-18(26)10-7-16(20)3/h4-10,12-13H,1,11,14H2,2-3H3,(H,27,30). The van der Waals surface area contributed by atoms with Crippen LogP contribution in [-0.4, -0.2) is 21.2 Å². The van der Waals surface area contributed by atoms with Crippen molar-refractivity contribution in [1.82, 2.24) is 9.55 Å². The van der Waals surface area contributed by atoms with Crippen LogP contribution in [0.4, 0.5) is 5.69 Å². The highest BCUT2D eigenvalue weighted by Crippen LogP contribution is 2.32. The molecule has 0 bridgehead atoms. The van der Waals surface area contributed by atoms with Crippen molar-refractivity contribution in [3.05, 3.63) is 87.0 Å². The first-order valence-electron chi connectivity index (χ1n) is 10.3. The molecule has 5 nitrogen and oxygen atoms in total. The van der Waals surface area contributed by atoms with Gasteiger partial charge >= 0.3 is 0 Å². The molecular weight excluding hydrogens is 474 g/mol. The molecular formula is C25H22ClN3O2S2. The molecule has 0 atom stereocenters. The number of carbonyl (C=O) groups is 1. The number of nitrogens with one attached hydrogen (secondary N) is 1. The Morgan fingerprint density at radius 1 is 1.24 bits per heavy atom. The number of thioether (sulfide) groups is 1. The van der Waals surface area contributed by atoms with Crippen LogP contribution in [0.5, 0.6) is 0 Å². The highest BCUT2D eigenvalue weighted by molar-refractivity contribution is 7.99. The van der Waals surface area contributed by atoms with E-state index in [1.807, 2.05) is 49.6 Å². The molecule has 0 unspecified atom stereocenters. The minimum absolute atomic E-state index is 0.108. The molecule has 2 aromatic carbocycles. The van der Waals surface area contributed by atoms with Crippen LogP contribution < -0.4 is 10.9 Å². The van der Waals surface area contributed by atoms with Crippen LogP contribution in [0.1, 0.15) is 11.1 Å². The van der Waals surface area contributed by atoms with Crippen LogP contribution in [-0.2, 0) is 11.3 Å². The number of benzene rings is 2. The molecule has 0 aliphatic heterocycles. The summed E-state index contributed by atoms with van der Waals surface area (Å²) >= 11 is 8.70. The van der Waals surface area contributed by atoms with Gasteiger partial charge in [0, 0.05) is 28.2 Å². The molecule has 4 aromatic rings. The van der Waals surface area contributed by atoms with E-state index in [0.29, 0.717) is 32.6 Å². The minimum Gasteiger partial charge on any atom is -0.325 e. The molecule has 33 heavy (non-hydrogen) atoms. The molecule has 2 heterocycles. The van der Waals surface area contributed by atoms with E-state index in [9.17, 15) is 9.59 Å². The molecule has 8 heteroatoms. The van der Waals surface area contributed by atoms with Crippen molar-refractivity contribution < 1.29 is 4.79 Å². The SMILES string of the molecule is C=CCn1c(SCC(=O)Nc2cc(Cl)ccc2C)nc2scc(-c3ccc(C)cc3)c2c1=O. The van der Waals surface area contributed by atoms with Gasteiger partial charge in [0.05, 0.1) is 11.1 Å². The Labute approximate surface area is 205 Å². The van der Waals surface area contributed by atoms with Gasteiger partial charge in [0.15, 0.2) is 5.16 Å². The number of allylic oxidation sites excluding steroid dienone is 1. The van der Waals surface area contributed by atoms with Crippen LogP contribution in [0.3, 0.4) is 0 Å². The molecule has 0 radical (unpaired) electrons. The zero-order valence-electron chi connectivity index (χ0n) is 18.2. The van der Waals surface area contributed by atoms with Gasteiger partial charge in [-0.25, -0.2) is 4.98 Å². The van der Waals surface area contributed by atoms with E-state index in [-0.39, 0.29) is 17.2 Å². The summed E-state index contributed by atoms with van der Waals surface area (Å²) in [6, 6.07) is 13.4. The predicted molar refractivity (Wildman–Crippen MR) is 140 cm³/mol. The molecule has 0 spiro atoms. The van der Waals surface area contributed by atoms with Gasteiger partial charge in [-0.15, -0.1) is 17.9 Å². The second-order valence-electron chi connectivity index (χ2n) is 7.59. The fourth-order valence-electron chi connectivity index (χ4n) is 3.40. The number of halogens is 1. The van der Waals surface area contributed by atoms with Crippen LogP contribution in [0.15, 0.2) is 70.5 Å². The lowest BCUT2D eigenvalue weighted by Gasteiger charge is -2.12. The van der Waals surface area contributed by atoms with Gasteiger partial charge in [0.25, 0.3) is 5.56 Å². The molecule has 1 amide bonds. The summed E-state index contributed by atoms with van der Waals surface area (Å²) in [4.78, 5) is 31.4. The third-order valence-corrected chi connectivity index (χ3v) is 7.22. The van der Waals surface area contributed by atoms with E-state index >= 15 is 0 Å². The first kappa shape index (κ1) is 23.3. The van der Waals surface area contributed by atoms with Gasteiger partial charge in [-0.05, 0) is 37.1 Å². The van der Waals surface area contributed by atoms with Gasteiger partial charge in [0.1, 0.15) is 4.83 Å². The molecule has 2 aromatic heterocycles. The number of nitrogens with zero attached hydrogens (tertiary/aromatic N) is 2. The number of hydrogen-bond acceptors (Lipinski definition) is 5. The van der Waals surface area contributed by atoms with E-state index in [1.54, 1.807) is 22.8 Å². The third kappa shape index (κ3) is 5.05. The largest absolute Gasteiger partial charge is 0.325 e. The van der Waals surface area contributed by atoms with Gasteiger partial charge in [0.2, 0.25) is 5.91 Å². The quantitative estimate of drug-likeness (QED) is 0.185. The normalized spacial score (nSPS) is 11.0. The number of carbonyl (C=O) groups excluding carboxylic acids is 1. The van der Waals surface area contributed by atoms with E-state index in [0.717, 1.165) is 22.3 Å². The lowest BCUT2D eigenvalue weighted by molar-refractivity contribution is -0.113. The summed E-state index contributed by atoms with van der Waals surface area (Å²) in [6.45, 7) is 8.02. The highest BCUT2D eigenvalue weighted by Gasteiger charge is 2.18. The second-order valence-corrected chi connectivity index (χ2v) is 9.83. The maximum Gasteiger partial charge on any atom is 0.263 e. The summed E-state index contributed by atoms with van der Waals surface area (Å²) in [5.41, 5.74) is 4.46. The van der Waals surface area contributed by atoms with Crippen LogP contribution in [0, 0.1) is 13.8 Å². The molecule has 0 fully saturated rings. The maximum atomic E-state index is 13.4. The lowest BCUT2D eigenvalue weighted by Crippen LogP contribution is -2.23. The van der Waals surface area contributed by atoms with E-state index < -0.39 is 0 Å². The summed E-state index contributed by atoms with van der Waals surface area (Å²) < 4.78 is 1.57. The molecule has 1 N–H and O–H groups in total. The number of hydrogen-bond donors (Lipinski definition) is 1. The number of fused-ring (bicyclic) bond motifs is 1. The zero-order chi connectivity index (χ0) is 23.5. The minimum atomic E-state index is -0.198. The second kappa shape index (κ2) is 9.95. The van der Waals surface area contributed by atoms with Crippen molar-refractivity contribution in [3.8, 4) is 11.1 Å². The van der Waals surface area contributed by atoms with E-state index in [2.05, 4.69) is 11.9 Å². The Balaban J connectivity index is 1.63. The lowest BCUT2D eigenvalue weighted by atomic mass is 10.1. The first-order chi connectivity index (χ1) is 15.9. The number of aromatic nitrogens is 2. The summed E-state index contributed by atoms with van der Waals surface area (Å²) in [6.07, 6.45) is 1.66. The Morgan fingerprint density at radius 3 is 2.73 bits per heavy atom. The predicted octanol–water partition coefficient (Wildman–Crippen LogP) is 6.31. The van der Waals surface area contributed by atoms with Crippen LogP contribution in [0.2, 0.25) is 5.02 Å². The summed E-state index contributed by atoms with van der Waals surface area (Å²) in [5.74, 6) is -0.0894. The summed E-state index contributed by atoms with van der Waals surface area (Å²) in [7, 11) is 0. The van der Waals surface area contributed by atoms with Gasteiger partial charge in [-0.1, -0.05) is 65.3 Å². The Kier molecular flexibility index (Phi) is 7.02. The zero-order valence-corrected chi connectivity index (χ0v) is 20.6. The average molecular weight is 496 g/mol. The molecule has 168 valence electrons. The van der Waals surface area contributed by atoms with Crippen molar-refractivity contribution in [2.75, 3.05) is 11.1 Å². The number of amides is 1. The van der Waals surface area contributed by atoms with Crippen molar-refractivity contribution in [3.63, 3.8) is 0 Å². The fraction of sp³-hybridized carbons (Fsp3) is 0.160. The number of thiophene rings is 1. The number of anilines is 1. The summed E-state index contributed by atoms with van der Waals surface area (Å²) in [5, 5.41) is 6.47. The van der Waals surface area contributed by atoms with E-state index in [1.165, 1.54) is 23.1 Å². The van der Waals surface area contributed by atoms with Gasteiger partial charge in [-0.2, -0.15) is 0 Å². The van der Waals surface area contributed by atoms with Crippen molar-refractivity contribution >= 4 is 56.5 Å². The van der Waals surface area contributed by atoms with Gasteiger partial charge < -0.3 is 5.32 Å². The first-order valence-corrected chi connectivity index (χ1v) is 12.5. The van der Waals surface area contributed by atoms with Crippen LogP contribution in [0.25, 0.3) is 21.3 Å². The van der Waals surface area contributed by atoms with Crippen LogP contribution >= 0.6 is 34.7 Å². The fourth-order valence-corrected chi connectivity index (χ4v) is 5.37. The smallest absolute Gasteiger partial charge is 0.263 e. The molecule has 0 saturated heterocycles.